The second kappa shape index (κ2) is 5.26. The largest absolute Gasteiger partial charge is 0.497 e. The molecule has 1 N–H and O–H groups in total. The number of H-pyrrole nitrogens is 1. The molecule has 0 aliphatic rings. The van der Waals surface area contributed by atoms with Crippen LogP contribution in [0, 0.1) is 5.82 Å². The number of fused-ring (bicyclic) bond motifs is 1. The van der Waals surface area contributed by atoms with Crippen LogP contribution in [0.3, 0.4) is 0 Å². The van der Waals surface area contributed by atoms with E-state index in [4.69, 9.17) is 20.8 Å². The van der Waals surface area contributed by atoms with Gasteiger partial charge < -0.3 is 9.15 Å². The van der Waals surface area contributed by atoms with Gasteiger partial charge in [-0.2, -0.15) is 0 Å². The fourth-order valence-electron chi connectivity index (χ4n) is 2.14. The van der Waals surface area contributed by atoms with Gasteiger partial charge in [-0.3, -0.25) is 4.98 Å². The van der Waals surface area contributed by atoms with Crippen molar-refractivity contribution in [3.63, 3.8) is 0 Å². The molecule has 0 bridgehead atoms. The lowest BCUT2D eigenvalue weighted by Crippen LogP contribution is -1.97. The maximum atomic E-state index is 14.0. The van der Waals surface area contributed by atoms with Crippen molar-refractivity contribution < 1.29 is 13.5 Å². The number of ether oxygens (including phenoxy) is 1. The lowest BCUT2D eigenvalue weighted by molar-refractivity contribution is 0.410. The van der Waals surface area contributed by atoms with Crippen molar-refractivity contribution in [3.05, 3.63) is 63.9 Å². The summed E-state index contributed by atoms with van der Waals surface area (Å²) < 4.78 is 24.0. The molecule has 1 atom stereocenters. The summed E-state index contributed by atoms with van der Waals surface area (Å²) in [6, 6.07) is 9.50. The first-order valence-electron chi connectivity index (χ1n) is 6.19. The molecule has 0 amide bonds. The Balaban J connectivity index is 2.02. The van der Waals surface area contributed by atoms with Crippen LogP contribution in [0.1, 0.15) is 16.5 Å². The number of benzene rings is 2. The summed E-state index contributed by atoms with van der Waals surface area (Å²) in [6.45, 7) is 0. The second-order valence-corrected chi connectivity index (χ2v) is 4.96. The van der Waals surface area contributed by atoms with E-state index >= 15 is 0 Å². The highest BCUT2D eigenvalue weighted by Gasteiger charge is 2.17. The summed E-state index contributed by atoms with van der Waals surface area (Å²) in [6.07, 6.45) is 0. The number of hydrogen-bond acceptors (Lipinski definition) is 3. The Hall–Kier alpha value is -2.27. The summed E-state index contributed by atoms with van der Waals surface area (Å²) in [5, 5.41) is -0.694. The van der Waals surface area contributed by atoms with Crippen molar-refractivity contribution in [3.8, 4) is 5.75 Å². The molecule has 21 heavy (non-hydrogen) atoms. The monoisotopic (exact) mass is 307 g/mol. The van der Waals surface area contributed by atoms with Crippen molar-refractivity contribution in [2.75, 3.05) is 7.11 Å². The number of methoxy groups -OCH3 is 1. The van der Waals surface area contributed by atoms with Crippen LogP contribution >= 0.6 is 11.6 Å². The van der Waals surface area contributed by atoms with E-state index in [0.717, 1.165) is 0 Å². The molecule has 1 aromatic heterocycles. The Morgan fingerprint density at radius 3 is 2.81 bits per heavy atom. The molecule has 108 valence electrons. The first-order valence-corrected chi connectivity index (χ1v) is 6.62. The van der Waals surface area contributed by atoms with Gasteiger partial charge in [-0.1, -0.05) is 12.1 Å². The average Bonchev–Trinajstić information content (AvgIpc) is 2.85. The summed E-state index contributed by atoms with van der Waals surface area (Å²) in [5.74, 6) is -0.568. The molecule has 0 aliphatic carbocycles. The van der Waals surface area contributed by atoms with Crippen LogP contribution in [0.4, 0.5) is 4.39 Å². The maximum Gasteiger partial charge on any atom is 0.417 e. The summed E-state index contributed by atoms with van der Waals surface area (Å²) in [4.78, 5) is 13.7. The van der Waals surface area contributed by atoms with Crippen molar-refractivity contribution in [1.29, 1.82) is 0 Å². The fourth-order valence-corrected chi connectivity index (χ4v) is 2.45. The van der Waals surface area contributed by atoms with Crippen LogP contribution in [0.25, 0.3) is 11.1 Å². The molecule has 0 fully saturated rings. The van der Waals surface area contributed by atoms with E-state index in [0.29, 0.717) is 28.0 Å². The summed E-state index contributed by atoms with van der Waals surface area (Å²) in [7, 11) is 1.47. The third-order valence-electron chi connectivity index (χ3n) is 3.22. The van der Waals surface area contributed by atoms with Crippen LogP contribution in [-0.2, 0) is 0 Å². The number of oxazole rings is 1. The van der Waals surface area contributed by atoms with Crippen LogP contribution in [-0.4, -0.2) is 12.1 Å². The zero-order chi connectivity index (χ0) is 15.0. The van der Waals surface area contributed by atoms with Crippen molar-refractivity contribution in [2.24, 2.45) is 0 Å². The topological polar surface area (TPSA) is 55.2 Å². The molecule has 0 saturated carbocycles. The molecule has 0 spiro atoms. The average molecular weight is 308 g/mol. The van der Waals surface area contributed by atoms with E-state index in [9.17, 15) is 9.18 Å². The molecule has 2 aromatic carbocycles. The Bertz CT molecular complexity index is 855. The van der Waals surface area contributed by atoms with E-state index in [1.807, 2.05) is 0 Å². The molecule has 0 saturated heterocycles. The van der Waals surface area contributed by atoms with E-state index in [-0.39, 0.29) is 0 Å². The number of halogens is 2. The van der Waals surface area contributed by atoms with Crippen LogP contribution in [0.15, 0.2) is 45.6 Å². The van der Waals surface area contributed by atoms with Crippen molar-refractivity contribution >= 4 is 22.7 Å². The maximum absolute atomic E-state index is 14.0. The number of alkyl halides is 1. The molecule has 3 aromatic rings. The fraction of sp³-hybridized carbons (Fsp3) is 0.133. The molecule has 0 radical (unpaired) electrons. The van der Waals surface area contributed by atoms with Gasteiger partial charge in [-0.05, 0) is 23.8 Å². The van der Waals surface area contributed by atoms with Crippen LogP contribution in [0.2, 0.25) is 0 Å². The molecule has 3 rings (SSSR count). The van der Waals surface area contributed by atoms with Gasteiger partial charge in [0.25, 0.3) is 0 Å². The third-order valence-corrected chi connectivity index (χ3v) is 3.71. The van der Waals surface area contributed by atoms with Gasteiger partial charge in [0, 0.05) is 11.6 Å². The standard InChI is InChI=1S/C15H11ClFNO3/c1-20-9-3-4-10(11(17)7-9)14(16)8-2-5-12-13(6-8)21-15(19)18-12/h2-7,14H,1H3,(H,18,19). The quantitative estimate of drug-likeness (QED) is 0.752. The first kappa shape index (κ1) is 13.7. The molecule has 0 aliphatic heterocycles. The van der Waals surface area contributed by atoms with Crippen molar-refractivity contribution in [1.82, 2.24) is 4.98 Å². The number of hydrogen-bond donors (Lipinski definition) is 1. The first-order chi connectivity index (χ1) is 10.1. The second-order valence-electron chi connectivity index (χ2n) is 4.52. The molecular weight excluding hydrogens is 297 g/mol. The van der Waals surface area contributed by atoms with E-state index in [1.54, 1.807) is 30.3 Å². The number of nitrogens with one attached hydrogen (secondary N) is 1. The number of aromatic amines is 1. The summed E-state index contributed by atoms with van der Waals surface area (Å²) in [5.41, 5.74) is 1.92. The molecule has 1 heterocycles. The zero-order valence-corrected chi connectivity index (χ0v) is 11.8. The third kappa shape index (κ3) is 2.52. The van der Waals surface area contributed by atoms with Crippen LogP contribution in [0.5, 0.6) is 5.75 Å². The van der Waals surface area contributed by atoms with Gasteiger partial charge in [-0.25, -0.2) is 9.18 Å². The minimum atomic E-state index is -0.694. The minimum Gasteiger partial charge on any atom is -0.497 e. The number of aromatic nitrogens is 1. The highest BCUT2D eigenvalue weighted by molar-refractivity contribution is 6.22. The minimum absolute atomic E-state index is 0.328. The van der Waals surface area contributed by atoms with Gasteiger partial charge in [0.15, 0.2) is 5.58 Å². The Morgan fingerprint density at radius 1 is 1.29 bits per heavy atom. The summed E-state index contributed by atoms with van der Waals surface area (Å²) >= 11 is 6.33. The van der Waals surface area contributed by atoms with E-state index in [1.165, 1.54) is 13.2 Å². The van der Waals surface area contributed by atoms with Gasteiger partial charge in [0.1, 0.15) is 11.6 Å². The van der Waals surface area contributed by atoms with Gasteiger partial charge in [0.05, 0.1) is 18.0 Å². The SMILES string of the molecule is COc1ccc(C(Cl)c2ccc3[nH]c(=O)oc3c2)c(F)c1. The Morgan fingerprint density at radius 2 is 2.10 bits per heavy atom. The van der Waals surface area contributed by atoms with Gasteiger partial charge in [0.2, 0.25) is 0 Å². The zero-order valence-electron chi connectivity index (χ0n) is 11.0. The normalized spacial score (nSPS) is 12.5. The molecule has 4 nitrogen and oxygen atoms in total. The predicted molar refractivity (Wildman–Crippen MR) is 77.5 cm³/mol. The highest BCUT2D eigenvalue weighted by atomic mass is 35.5. The van der Waals surface area contributed by atoms with Gasteiger partial charge in [-0.15, -0.1) is 11.6 Å². The van der Waals surface area contributed by atoms with Gasteiger partial charge >= 0.3 is 5.76 Å². The van der Waals surface area contributed by atoms with E-state index in [2.05, 4.69) is 4.98 Å². The molecular formula is C15H11ClFNO3. The highest BCUT2D eigenvalue weighted by Crippen LogP contribution is 2.33. The lowest BCUT2D eigenvalue weighted by Gasteiger charge is -2.12. The Kier molecular flexibility index (Phi) is 3.43. The lowest BCUT2D eigenvalue weighted by atomic mass is 10.0. The predicted octanol–water partition coefficient (Wildman–Crippen LogP) is 3.60. The smallest absolute Gasteiger partial charge is 0.417 e. The molecule has 1 unspecified atom stereocenters. The van der Waals surface area contributed by atoms with E-state index < -0.39 is 17.0 Å². The molecule has 6 heteroatoms. The van der Waals surface area contributed by atoms with Crippen LogP contribution < -0.4 is 10.5 Å². The number of rotatable bonds is 3. The van der Waals surface area contributed by atoms with Crippen molar-refractivity contribution in [2.45, 2.75) is 5.38 Å². The Labute approximate surface area is 124 Å².